The Kier molecular flexibility index (Phi) is 19.1. The second-order valence-electron chi connectivity index (χ2n) is 6.83. The largest absolute Gasteiger partial charge is 1.00 e. The third-order valence-electron chi connectivity index (χ3n) is 4.64. The van der Waals surface area contributed by atoms with Crippen LogP contribution in [-0.2, 0) is 0 Å². The standard InChI is InChI=1S/C18H39BrNO.BrH/c1-4-6-7-8-9-10-11-12-13-14-15-20(3,5-2)17-18(21)16-19;/h18,21H,4-17H2,1-3H3;1H/q+1;/p-1. The van der Waals surface area contributed by atoms with Gasteiger partial charge in [0.25, 0.3) is 0 Å². The summed E-state index contributed by atoms with van der Waals surface area (Å²) in [5.41, 5.74) is 0. The van der Waals surface area contributed by atoms with Crippen molar-refractivity contribution in [2.24, 2.45) is 0 Å². The predicted molar refractivity (Wildman–Crippen MR) is 98.1 cm³/mol. The van der Waals surface area contributed by atoms with Crippen molar-refractivity contribution in [3.63, 3.8) is 0 Å². The predicted octanol–water partition coefficient (Wildman–Crippen LogP) is 2.13. The lowest BCUT2D eigenvalue weighted by molar-refractivity contribution is -0.910. The molecule has 2 atom stereocenters. The van der Waals surface area contributed by atoms with Crippen LogP contribution in [0.2, 0.25) is 0 Å². The first-order chi connectivity index (χ1) is 10.1. The summed E-state index contributed by atoms with van der Waals surface area (Å²) in [5.74, 6) is 0. The number of halogens is 2. The van der Waals surface area contributed by atoms with Gasteiger partial charge in [-0.1, -0.05) is 74.2 Å². The molecule has 0 aliphatic rings. The van der Waals surface area contributed by atoms with Crippen LogP contribution in [0.1, 0.15) is 78.1 Å². The Bertz CT molecular complexity index is 229. The Hall–Kier alpha value is 0.880. The number of nitrogens with zero attached hydrogens (tertiary/aromatic N) is 1. The van der Waals surface area contributed by atoms with Gasteiger partial charge in [-0.15, -0.1) is 0 Å². The maximum absolute atomic E-state index is 9.82. The van der Waals surface area contributed by atoms with E-state index in [0.717, 1.165) is 17.6 Å². The number of rotatable bonds is 15. The van der Waals surface area contributed by atoms with Gasteiger partial charge >= 0.3 is 0 Å². The number of hydrogen-bond acceptors (Lipinski definition) is 1. The van der Waals surface area contributed by atoms with Crippen LogP contribution in [0.15, 0.2) is 0 Å². The maximum Gasteiger partial charge on any atom is 0.112 e. The van der Waals surface area contributed by atoms with E-state index in [4.69, 9.17) is 0 Å². The topological polar surface area (TPSA) is 20.2 Å². The highest BCUT2D eigenvalue weighted by Crippen LogP contribution is 2.13. The molecule has 0 aliphatic heterocycles. The Balaban J connectivity index is 0. The molecule has 1 N–H and O–H groups in total. The van der Waals surface area contributed by atoms with Crippen LogP contribution in [0.3, 0.4) is 0 Å². The van der Waals surface area contributed by atoms with Crippen LogP contribution in [0.25, 0.3) is 0 Å². The molecule has 0 fully saturated rings. The summed E-state index contributed by atoms with van der Waals surface area (Å²) < 4.78 is 1.00. The minimum Gasteiger partial charge on any atom is -1.00 e. The van der Waals surface area contributed by atoms with Gasteiger partial charge in [-0.25, -0.2) is 0 Å². The van der Waals surface area contributed by atoms with E-state index < -0.39 is 0 Å². The summed E-state index contributed by atoms with van der Waals surface area (Å²) in [5, 5.41) is 10.5. The van der Waals surface area contributed by atoms with Gasteiger partial charge in [0.15, 0.2) is 0 Å². The molecular weight excluding hydrogens is 406 g/mol. The Labute approximate surface area is 158 Å². The lowest BCUT2D eigenvalue weighted by atomic mass is 10.1. The highest BCUT2D eigenvalue weighted by Gasteiger charge is 2.22. The van der Waals surface area contributed by atoms with Crippen molar-refractivity contribution in [3.05, 3.63) is 0 Å². The summed E-state index contributed by atoms with van der Waals surface area (Å²) in [6.07, 6.45) is 13.7. The van der Waals surface area contributed by atoms with E-state index in [0.29, 0.717) is 5.33 Å². The molecule has 22 heavy (non-hydrogen) atoms. The van der Waals surface area contributed by atoms with E-state index >= 15 is 0 Å². The molecule has 0 aromatic carbocycles. The minimum atomic E-state index is -0.210. The van der Waals surface area contributed by atoms with Crippen molar-refractivity contribution in [3.8, 4) is 0 Å². The third kappa shape index (κ3) is 14.5. The summed E-state index contributed by atoms with van der Waals surface area (Å²) in [7, 11) is 2.28. The average molecular weight is 445 g/mol. The molecule has 0 spiro atoms. The van der Waals surface area contributed by atoms with E-state index in [1.807, 2.05) is 0 Å². The summed E-state index contributed by atoms with van der Waals surface area (Å²) in [6, 6.07) is 0. The van der Waals surface area contributed by atoms with Crippen molar-refractivity contribution in [2.75, 3.05) is 32.0 Å². The van der Waals surface area contributed by atoms with E-state index in [1.165, 1.54) is 70.8 Å². The van der Waals surface area contributed by atoms with Gasteiger partial charge in [-0.3, -0.25) is 0 Å². The molecule has 0 rings (SSSR count). The molecule has 2 unspecified atom stereocenters. The van der Waals surface area contributed by atoms with E-state index in [-0.39, 0.29) is 23.1 Å². The lowest BCUT2D eigenvalue weighted by Gasteiger charge is -2.35. The molecule has 0 amide bonds. The minimum absolute atomic E-state index is 0. The van der Waals surface area contributed by atoms with Crippen molar-refractivity contribution < 1.29 is 26.6 Å². The molecular formula is C18H39Br2NO. The molecule has 0 aliphatic carbocycles. The zero-order chi connectivity index (χ0) is 16.0. The van der Waals surface area contributed by atoms with Crippen molar-refractivity contribution >= 4 is 15.9 Å². The number of quaternary nitrogens is 1. The van der Waals surface area contributed by atoms with Crippen LogP contribution < -0.4 is 17.0 Å². The molecule has 0 heterocycles. The number of likely N-dealkylation sites (N-methyl/N-ethyl adjacent to an activating group) is 1. The highest BCUT2D eigenvalue weighted by molar-refractivity contribution is 9.09. The van der Waals surface area contributed by atoms with E-state index in [1.54, 1.807) is 0 Å². The summed E-state index contributed by atoms with van der Waals surface area (Å²) >= 11 is 3.37. The fourth-order valence-corrected chi connectivity index (χ4v) is 3.12. The van der Waals surface area contributed by atoms with Gasteiger partial charge in [0.05, 0.1) is 20.1 Å². The van der Waals surface area contributed by atoms with Gasteiger partial charge in [0, 0.05) is 5.33 Å². The quantitative estimate of drug-likeness (QED) is 0.233. The second-order valence-corrected chi connectivity index (χ2v) is 7.48. The Morgan fingerprint density at radius 2 is 1.32 bits per heavy atom. The van der Waals surface area contributed by atoms with E-state index in [9.17, 15) is 5.11 Å². The fourth-order valence-electron chi connectivity index (χ4n) is 2.92. The SMILES string of the molecule is CCCCCCCCCCCC[N+](C)(CC)CC(O)CBr.[Br-]. The monoisotopic (exact) mass is 443 g/mol. The molecule has 0 radical (unpaired) electrons. The average Bonchev–Trinajstić information content (AvgIpc) is 2.49. The number of aliphatic hydroxyl groups is 1. The van der Waals surface area contributed by atoms with Gasteiger partial charge in [-0.05, 0) is 19.8 Å². The molecule has 0 aromatic heterocycles. The van der Waals surface area contributed by atoms with Crippen LogP contribution in [0.5, 0.6) is 0 Å². The number of alkyl halides is 1. The van der Waals surface area contributed by atoms with Gasteiger partial charge < -0.3 is 26.6 Å². The molecule has 136 valence electrons. The summed E-state index contributed by atoms with van der Waals surface area (Å²) in [6.45, 7) is 7.70. The molecule has 0 aromatic rings. The Morgan fingerprint density at radius 1 is 0.864 bits per heavy atom. The zero-order valence-corrected chi connectivity index (χ0v) is 18.3. The fraction of sp³-hybridized carbons (Fsp3) is 1.00. The van der Waals surface area contributed by atoms with E-state index in [2.05, 4.69) is 36.8 Å². The van der Waals surface area contributed by atoms with Crippen LogP contribution in [0, 0.1) is 0 Å². The molecule has 2 nitrogen and oxygen atoms in total. The van der Waals surface area contributed by atoms with Crippen molar-refractivity contribution in [1.29, 1.82) is 0 Å². The first-order valence-electron chi connectivity index (χ1n) is 9.15. The molecule has 0 saturated carbocycles. The normalized spacial score (nSPS) is 15.1. The smallest absolute Gasteiger partial charge is 0.112 e. The molecule has 4 heteroatoms. The van der Waals surface area contributed by atoms with Crippen molar-refractivity contribution in [2.45, 2.75) is 84.2 Å². The first kappa shape index (κ1) is 25.1. The van der Waals surface area contributed by atoms with Crippen LogP contribution >= 0.6 is 15.9 Å². The van der Waals surface area contributed by atoms with Crippen molar-refractivity contribution in [1.82, 2.24) is 0 Å². The number of hydrogen-bond donors (Lipinski definition) is 1. The second kappa shape index (κ2) is 16.7. The Morgan fingerprint density at radius 3 is 1.73 bits per heavy atom. The van der Waals surface area contributed by atoms with Gasteiger partial charge in [0.2, 0.25) is 0 Å². The zero-order valence-electron chi connectivity index (χ0n) is 15.1. The van der Waals surface area contributed by atoms with Gasteiger partial charge in [-0.2, -0.15) is 0 Å². The lowest BCUT2D eigenvalue weighted by Crippen LogP contribution is -3.00. The van der Waals surface area contributed by atoms with Crippen LogP contribution in [0.4, 0.5) is 0 Å². The first-order valence-corrected chi connectivity index (χ1v) is 10.3. The number of unbranched alkanes of at least 4 members (excludes halogenated alkanes) is 9. The molecule has 0 bridgehead atoms. The maximum atomic E-state index is 9.82. The molecule has 0 saturated heterocycles. The third-order valence-corrected chi connectivity index (χ3v) is 5.39. The number of aliphatic hydroxyl groups excluding tert-OH is 1. The highest BCUT2D eigenvalue weighted by atomic mass is 79.9. The van der Waals surface area contributed by atoms with Crippen LogP contribution in [-0.4, -0.2) is 47.7 Å². The summed E-state index contributed by atoms with van der Waals surface area (Å²) in [4.78, 5) is 0. The van der Waals surface area contributed by atoms with Gasteiger partial charge in [0.1, 0.15) is 12.6 Å².